The molecule has 0 bridgehead atoms. The van der Waals surface area contributed by atoms with Crippen LogP contribution in [0.3, 0.4) is 0 Å². The first kappa shape index (κ1) is 24.0. The molecule has 1 N–H and O–H groups in total. The van der Waals surface area contributed by atoms with Crippen LogP contribution in [0.5, 0.6) is 0 Å². The number of anilines is 2. The molecule has 2 saturated heterocycles. The third-order valence-electron chi connectivity index (χ3n) is 7.63. The van der Waals surface area contributed by atoms with E-state index >= 15 is 4.11 Å². The summed E-state index contributed by atoms with van der Waals surface area (Å²) in [5, 5.41) is 9.64. The smallest absolute Gasteiger partial charge is 0.414 e. The van der Waals surface area contributed by atoms with Gasteiger partial charge in [0, 0.05) is 29.3 Å². The Labute approximate surface area is 205 Å². The van der Waals surface area contributed by atoms with Crippen molar-refractivity contribution in [3.8, 4) is 0 Å². The van der Waals surface area contributed by atoms with Gasteiger partial charge in [0.15, 0.2) is 5.60 Å². The second-order valence-corrected chi connectivity index (χ2v) is 13.9. The molecule has 4 atom stereocenters. The normalized spacial score (nSPS) is 28.2. The predicted octanol–water partition coefficient (Wildman–Crippen LogP) is 4.35. The third-order valence-corrected chi connectivity index (χ3v) is 10.1. The van der Waals surface area contributed by atoms with Crippen LogP contribution >= 0.6 is 0 Å². The van der Waals surface area contributed by atoms with Crippen molar-refractivity contribution in [2.75, 3.05) is 29.6 Å². The molecule has 7 nitrogen and oxygen atoms in total. The minimum absolute atomic E-state index is 0.120. The van der Waals surface area contributed by atoms with E-state index in [9.17, 15) is 14.7 Å². The Balaban J connectivity index is 1.48. The SMILES string of the molecule is C[C@@H]1[C@@H]([Si](C)(C)F)[C@H](CCO)O[C@@]12C(=O)N(Cc1ccc(N3CCOC3=O)cc1)c1ccccc12. The Morgan fingerprint density at radius 1 is 1.14 bits per heavy atom. The first-order chi connectivity index (χ1) is 16.7. The Morgan fingerprint density at radius 2 is 1.86 bits per heavy atom. The number of carbonyl (C=O) groups is 2. The number of ether oxygens (including phenoxy) is 2. The lowest BCUT2D eigenvalue weighted by Gasteiger charge is -2.31. The van der Waals surface area contributed by atoms with Crippen molar-refractivity contribution >= 4 is 31.8 Å². The van der Waals surface area contributed by atoms with Crippen LogP contribution in [0.2, 0.25) is 18.6 Å². The lowest BCUT2D eigenvalue weighted by atomic mass is 9.82. The van der Waals surface area contributed by atoms with Crippen molar-refractivity contribution in [2.24, 2.45) is 5.92 Å². The van der Waals surface area contributed by atoms with E-state index in [0.717, 1.165) is 22.5 Å². The van der Waals surface area contributed by atoms with Crippen molar-refractivity contribution < 1.29 is 28.3 Å². The number of halogens is 1. The highest BCUT2D eigenvalue weighted by Gasteiger charge is 2.66. The Bertz CT molecular complexity index is 1140. The van der Waals surface area contributed by atoms with E-state index in [1.165, 1.54) is 0 Å². The van der Waals surface area contributed by atoms with Crippen molar-refractivity contribution in [1.82, 2.24) is 0 Å². The minimum Gasteiger partial charge on any atom is -0.447 e. The number of aliphatic hydroxyl groups is 1. The van der Waals surface area contributed by atoms with Gasteiger partial charge in [-0.2, -0.15) is 0 Å². The van der Waals surface area contributed by atoms with Gasteiger partial charge in [-0.3, -0.25) is 9.69 Å². The van der Waals surface area contributed by atoms with Gasteiger partial charge in [-0.15, -0.1) is 0 Å². The molecule has 0 radical (unpaired) electrons. The maximum atomic E-state index is 15.5. The Morgan fingerprint density at radius 3 is 2.49 bits per heavy atom. The largest absolute Gasteiger partial charge is 0.447 e. The highest BCUT2D eigenvalue weighted by atomic mass is 28.4. The molecule has 186 valence electrons. The second-order valence-electron chi connectivity index (χ2n) is 10.1. The van der Waals surface area contributed by atoms with E-state index in [2.05, 4.69) is 0 Å². The van der Waals surface area contributed by atoms with E-state index in [1.807, 2.05) is 55.5 Å². The fourth-order valence-corrected chi connectivity index (χ4v) is 8.69. The van der Waals surface area contributed by atoms with Gasteiger partial charge in [0.25, 0.3) is 5.91 Å². The number of amides is 2. The number of para-hydroxylation sites is 1. The molecular formula is C26H31FN2O5Si. The van der Waals surface area contributed by atoms with Crippen molar-refractivity contribution in [1.29, 1.82) is 0 Å². The molecule has 9 heteroatoms. The van der Waals surface area contributed by atoms with Gasteiger partial charge < -0.3 is 23.6 Å². The number of rotatable bonds is 6. The number of aliphatic hydroxyl groups excluding tert-OH is 1. The summed E-state index contributed by atoms with van der Waals surface area (Å²) in [6, 6.07) is 15.1. The number of nitrogens with zero attached hydrogens (tertiary/aromatic N) is 2. The fourth-order valence-electron chi connectivity index (χ4n) is 6.15. The van der Waals surface area contributed by atoms with Crippen LogP contribution in [0.25, 0.3) is 0 Å². The van der Waals surface area contributed by atoms with Gasteiger partial charge >= 0.3 is 6.09 Å². The van der Waals surface area contributed by atoms with Crippen LogP contribution in [0.4, 0.5) is 20.3 Å². The lowest BCUT2D eigenvalue weighted by molar-refractivity contribution is -0.146. The van der Waals surface area contributed by atoms with Crippen LogP contribution in [0, 0.1) is 5.92 Å². The molecule has 2 aromatic carbocycles. The molecule has 0 aromatic heterocycles. The standard InChI is InChI=1S/C26H31FN2O5Si/c1-17-23(35(2,3)27)22(12-14-30)34-26(17)20-6-4-5-7-21(20)29(24(26)31)16-18-8-10-19(11-9-18)28-13-15-33-25(28)32/h4-11,17,22-23,30H,12-16H2,1-3H3/t17-,22+,23-,26+/m1/s1. The predicted molar refractivity (Wildman–Crippen MR) is 133 cm³/mol. The number of cyclic esters (lactones) is 1. The van der Waals surface area contributed by atoms with Crippen molar-refractivity contribution in [3.63, 3.8) is 0 Å². The zero-order chi connectivity index (χ0) is 25.0. The van der Waals surface area contributed by atoms with Crippen LogP contribution < -0.4 is 9.80 Å². The van der Waals surface area contributed by atoms with E-state index < -0.39 is 25.7 Å². The number of carbonyl (C=O) groups excluding carboxylic acids is 2. The fraction of sp³-hybridized carbons (Fsp3) is 0.462. The monoisotopic (exact) mass is 498 g/mol. The molecule has 35 heavy (non-hydrogen) atoms. The molecule has 0 unspecified atom stereocenters. The van der Waals surface area contributed by atoms with Gasteiger partial charge in [-0.1, -0.05) is 37.3 Å². The van der Waals surface area contributed by atoms with Gasteiger partial charge in [0.05, 0.1) is 24.9 Å². The number of hydrogen-bond acceptors (Lipinski definition) is 5. The summed E-state index contributed by atoms with van der Waals surface area (Å²) in [6.45, 7) is 6.31. The van der Waals surface area contributed by atoms with Crippen LogP contribution in [-0.4, -0.2) is 51.4 Å². The molecular weight excluding hydrogens is 467 g/mol. The molecule has 1 spiro atoms. The topological polar surface area (TPSA) is 79.3 Å². The summed E-state index contributed by atoms with van der Waals surface area (Å²) in [6.07, 6.45) is -0.576. The molecule has 2 aromatic rings. The first-order valence-corrected chi connectivity index (χ1v) is 15.1. The Hall–Kier alpha value is -2.75. The van der Waals surface area contributed by atoms with Gasteiger partial charge in [-0.25, -0.2) is 4.79 Å². The Kier molecular flexibility index (Phi) is 5.97. The molecule has 2 amide bonds. The second kappa shape index (κ2) is 8.72. The highest BCUT2D eigenvalue weighted by Crippen LogP contribution is 2.60. The van der Waals surface area contributed by atoms with E-state index in [-0.39, 0.29) is 24.5 Å². The summed E-state index contributed by atoms with van der Waals surface area (Å²) >= 11 is 0. The highest BCUT2D eigenvalue weighted by molar-refractivity contribution is 6.72. The van der Waals surface area contributed by atoms with Crippen molar-refractivity contribution in [2.45, 2.75) is 50.2 Å². The zero-order valence-electron chi connectivity index (χ0n) is 20.2. The van der Waals surface area contributed by atoms with Crippen LogP contribution in [0.1, 0.15) is 24.5 Å². The number of benzene rings is 2. The average Bonchev–Trinajstić information content (AvgIpc) is 3.45. The number of hydrogen-bond donors (Lipinski definition) is 1. The summed E-state index contributed by atoms with van der Waals surface area (Å²) in [5.74, 6) is -0.560. The summed E-state index contributed by atoms with van der Waals surface area (Å²) < 4.78 is 27.0. The average molecular weight is 499 g/mol. The first-order valence-electron chi connectivity index (χ1n) is 12.1. The van der Waals surface area contributed by atoms with E-state index in [0.29, 0.717) is 26.1 Å². The molecule has 0 aliphatic carbocycles. The molecule has 3 aliphatic heterocycles. The maximum absolute atomic E-state index is 15.5. The number of fused-ring (bicyclic) bond motifs is 2. The van der Waals surface area contributed by atoms with Crippen LogP contribution in [0.15, 0.2) is 48.5 Å². The zero-order valence-corrected chi connectivity index (χ0v) is 21.2. The van der Waals surface area contributed by atoms with E-state index in [1.54, 1.807) is 22.9 Å². The van der Waals surface area contributed by atoms with Gasteiger partial charge in [0.2, 0.25) is 8.41 Å². The minimum atomic E-state index is -3.20. The van der Waals surface area contributed by atoms with E-state index in [4.69, 9.17) is 9.47 Å². The summed E-state index contributed by atoms with van der Waals surface area (Å²) in [5.41, 5.74) is 1.49. The third kappa shape index (κ3) is 3.77. The van der Waals surface area contributed by atoms with Gasteiger partial charge in [0.1, 0.15) is 6.61 Å². The van der Waals surface area contributed by atoms with Crippen molar-refractivity contribution in [3.05, 3.63) is 59.7 Å². The molecule has 0 saturated carbocycles. The molecule has 3 heterocycles. The molecule has 3 aliphatic rings. The molecule has 5 rings (SSSR count). The molecule has 2 fully saturated rings. The lowest BCUT2D eigenvalue weighted by Crippen LogP contribution is -2.45. The maximum Gasteiger partial charge on any atom is 0.414 e. The van der Waals surface area contributed by atoms with Gasteiger partial charge in [-0.05, 0) is 43.3 Å². The summed E-state index contributed by atoms with van der Waals surface area (Å²) in [7, 11) is -3.20. The van der Waals surface area contributed by atoms with Crippen LogP contribution in [-0.2, 0) is 26.4 Å². The quantitative estimate of drug-likeness (QED) is 0.473. The summed E-state index contributed by atoms with van der Waals surface area (Å²) in [4.78, 5) is 29.3.